The number of ketones is 1. The number of Topliss-reactive ketones (excluding diaryl/α,β-unsaturated/α-hetero) is 1. The molecular weight excluding hydrogens is 432 g/mol. The summed E-state index contributed by atoms with van der Waals surface area (Å²) in [6, 6.07) is 14.2. The summed E-state index contributed by atoms with van der Waals surface area (Å²) in [4.78, 5) is 14.3. The Hall–Kier alpha value is -2.25. The van der Waals surface area contributed by atoms with Gasteiger partial charge in [-0.3, -0.25) is 9.80 Å². The van der Waals surface area contributed by atoms with Gasteiger partial charge in [-0.15, -0.1) is 11.8 Å². The van der Waals surface area contributed by atoms with Crippen LogP contribution in [0, 0.1) is 5.41 Å². The third kappa shape index (κ3) is 2.82. The Kier molecular flexibility index (Phi) is 4.31. The number of aliphatic hydroxyl groups is 2. The summed E-state index contributed by atoms with van der Waals surface area (Å²) in [5.41, 5.74) is 3.17. The fourth-order valence-corrected chi connectivity index (χ4v) is 6.41. The maximum absolute atomic E-state index is 13.3. The Balaban J connectivity index is 1.58. The van der Waals surface area contributed by atoms with Crippen LogP contribution in [0.3, 0.4) is 0 Å². The van der Waals surface area contributed by atoms with Crippen molar-refractivity contribution in [1.29, 1.82) is 0 Å². The highest BCUT2D eigenvalue weighted by atomic mass is 35.5. The second-order valence-corrected chi connectivity index (χ2v) is 10.0. The van der Waals surface area contributed by atoms with Crippen LogP contribution < -0.4 is 0 Å². The van der Waals surface area contributed by atoms with Crippen molar-refractivity contribution in [1.82, 2.24) is 10.0 Å². The third-order valence-corrected chi connectivity index (χ3v) is 8.39. The highest BCUT2D eigenvalue weighted by Crippen LogP contribution is 2.56. The smallest absolute Gasteiger partial charge is 0.191 e. The summed E-state index contributed by atoms with van der Waals surface area (Å²) in [7, 11) is 0. The van der Waals surface area contributed by atoms with Crippen LogP contribution in [0.2, 0.25) is 5.02 Å². The molecule has 1 saturated heterocycles. The molecule has 1 aliphatic carbocycles. The monoisotopic (exact) mass is 452 g/mol. The molecule has 31 heavy (non-hydrogen) atoms. The molecule has 0 amide bonds. The summed E-state index contributed by atoms with van der Waals surface area (Å²) in [6.45, 7) is 0.554. The molecule has 2 atom stereocenters. The zero-order valence-corrected chi connectivity index (χ0v) is 18.2. The largest absolute Gasteiger partial charge is 0.507 e. The van der Waals surface area contributed by atoms with Gasteiger partial charge >= 0.3 is 0 Å². The molecule has 3 heterocycles. The molecule has 2 aromatic rings. The summed E-state index contributed by atoms with van der Waals surface area (Å²) in [6.07, 6.45) is 3.64. The first-order valence-corrected chi connectivity index (χ1v) is 11.8. The van der Waals surface area contributed by atoms with Crippen LogP contribution in [-0.2, 0) is 10.5 Å². The lowest BCUT2D eigenvalue weighted by Crippen LogP contribution is -2.55. The number of hydrogen-bond acceptors (Lipinski definition) is 6. The van der Waals surface area contributed by atoms with E-state index in [4.69, 9.17) is 11.6 Å². The lowest BCUT2D eigenvalue weighted by molar-refractivity contribution is -0.135. The van der Waals surface area contributed by atoms with Gasteiger partial charge in [0, 0.05) is 23.4 Å². The first-order valence-electron chi connectivity index (χ1n) is 10.4. The molecule has 5 nitrogen and oxygen atoms in total. The molecule has 3 aliphatic heterocycles. The zero-order valence-electron chi connectivity index (χ0n) is 16.7. The van der Waals surface area contributed by atoms with Gasteiger partial charge in [0.25, 0.3) is 0 Å². The van der Waals surface area contributed by atoms with Crippen molar-refractivity contribution in [2.45, 2.75) is 35.6 Å². The Morgan fingerprint density at radius 2 is 1.87 bits per heavy atom. The maximum Gasteiger partial charge on any atom is 0.191 e. The van der Waals surface area contributed by atoms with Gasteiger partial charge in [-0.1, -0.05) is 48.0 Å². The standard InChI is InChI=1S/C24H21ClN2O3S/c25-17-7-3-6-16-19(15-5-2-1-4-14(15)12-31-22(16)17)27-13-24(9-10-24)23(30)20-21(29)18(28)8-11-26(20)27/h1-8,11,18-19,28-29H,9-10,12-13H2. The molecule has 1 saturated carbocycles. The molecule has 4 aliphatic rings. The van der Waals surface area contributed by atoms with E-state index in [9.17, 15) is 15.0 Å². The first-order chi connectivity index (χ1) is 15.0. The number of nitrogens with zero attached hydrogens (tertiary/aromatic N) is 2. The molecule has 1 spiro atoms. The van der Waals surface area contributed by atoms with E-state index in [0.29, 0.717) is 6.54 Å². The highest BCUT2D eigenvalue weighted by molar-refractivity contribution is 7.98. The zero-order chi connectivity index (χ0) is 21.3. The minimum atomic E-state index is -1.16. The van der Waals surface area contributed by atoms with Gasteiger partial charge in [-0.25, -0.2) is 5.01 Å². The lowest BCUT2D eigenvalue weighted by Gasteiger charge is -2.48. The quantitative estimate of drug-likeness (QED) is 0.660. The van der Waals surface area contributed by atoms with Crippen molar-refractivity contribution in [3.8, 4) is 0 Å². The number of hydrazine groups is 1. The lowest BCUT2D eigenvalue weighted by atomic mass is 9.88. The molecule has 2 fully saturated rings. The molecule has 2 N–H and O–H groups in total. The van der Waals surface area contributed by atoms with Gasteiger partial charge in [-0.05, 0) is 41.7 Å². The second-order valence-electron chi connectivity index (χ2n) is 8.62. The number of carbonyl (C=O) groups excluding carboxylic acids is 1. The Morgan fingerprint density at radius 1 is 1.10 bits per heavy atom. The van der Waals surface area contributed by atoms with E-state index in [1.807, 2.05) is 24.3 Å². The molecule has 2 aromatic carbocycles. The van der Waals surface area contributed by atoms with Gasteiger partial charge in [0.2, 0.25) is 0 Å². The number of carbonyl (C=O) groups is 1. The second kappa shape index (κ2) is 6.87. The molecule has 6 rings (SSSR count). The minimum Gasteiger partial charge on any atom is -0.507 e. The van der Waals surface area contributed by atoms with E-state index in [2.05, 4.69) is 23.2 Å². The van der Waals surface area contributed by atoms with Gasteiger partial charge < -0.3 is 10.2 Å². The van der Waals surface area contributed by atoms with Crippen LogP contribution >= 0.6 is 23.4 Å². The molecule has 0 aromatic heterocycles. The van der Waals surface area contributed by atoms with Crippen molar-refractivity contribution in [2.75, 3.05) is 6.54 Å². The van der Waals surface area contributed by atoms with Crippen LogP contribution in [0.5, 0.6) is 0 Å². The van der Waals surface area contributed by atoms with E-state index >= 15 is 0 Å². The Bertz CT molecular complexity index is 1170. The maximum atomic E-state index is 13.3. The van der Waals surface area contributed by atoms with Crippen LogP contribution in [0.15, 0.2) is 71.1 Å². The highest BCUT2D eigenvalue weighted by Gasteiger charge is 2.59. The number of halogens is 1. The number of rotatable bonds is 1. The van der Waals surface area contributed by atoms with E-state index in [0.717, 1.165) is 34.1 Å². The summed E-state index contributed by atoms with van der Waals surface area (Å²) in [5, 5.41) is 25.5. The predicted octanol–water partition coefficient (Wildman–Crippen LogP) is 4.57. The number of hydrogen-bond donors (Lipinski definition) is 2. The number of fused-ring (bicyclic) bond motifs is 3. The van der Waals surface area contributed by atoms with Crippen molar-refractivity contribution in [3.05, 3.63) is 87.9 Å². The number of benzene rings is 2. The average molecular weight is 453 g/mol. The molecule has 7 heteroatoms. The fraction of sp³-hybridized carbons (Fsp3) is 0.292. The molecular formula is C24H21ClN2O3S. The van der Waals surface area contributed by atoms with Crippen LogP contribution in [0.1, 0.15) is 35.6 Å². The van der Waals surface area contributed by atoms with E-state index in [-0.39, 0.29) is 23.3 Å². The van der Waals surface area contributed by atoms with Crippen molar-refractivity contribution in [2.24, 2.45) is 5.41 Å². The molecule has 0 bridgehead atoms. The summed E-state index contributed by atoms with van der Waals surface area (Å²) < 4.78 is 0. The van der Waals surface area contributed by atoms with Crippen molar-refractivity contribution in [3.63, 3.8) is 0 Å². The first kappa shape index (κ1) is 19.4. The number of aliphatic hydroxyl groups excluding tert-OH is 2. The molecule has 2 unspecified atom stereocenters. The van der Waals surface area contributed by atoms with E-state index in [1.165, 1.54) is 17.2 Å². The fourth-order valence-electron chi connectivity index (χ4n) is 4.95. The summed E-state index contributed by atoms with van der Waals surface area (Å²) >= 11 is 8.36. The Labute approximate surface area is 189 Å². The van der Waals surface area contributed by atoms with Crippen LogP contribution in [0.25, 0.3) is 0 Å². The van der Waals surface area contributed by atoms with Crippen LogP contribution in [-0.4, -0.2) is 38.7 Å². The SMILES string of the molecule is O=C1C2=C(O)C(O)C=CN2N(C2c3ccccc3CSc3c(Cl)cccc32)CC12CC2. The number of allylic oxidation sites excluding steroid dienone is 1. The van der Waals surface area contributed by atoms with Crippen molar-refractivity contribution >= 4 is 29.1 Å². The topological polar surface area (TPSA) is 64.0 Å². The predicted molar refractivity (Wildman–Crippen MR) is 119 cm³/mol. The van der Waals surface area contributed by atoms with Gasteiger partial charge in [0.15, 0.2) is 11.5 Å². The molecule has 0 radical (unpaired) electrons. The number of thioether (sulfide) groups is 1. The van der Waals surface area contributed by atoms with Crippen molar-refractivity contribution < 1.29 is 15.0 Å². The normalized spacial score (nSPS) is 26.4. The average Bonchev–Trinajstić information content (AvgIpc) is 3.56. The van der Waals surface area contributed by atoms with Gasteiger partial charge in [0.05, 0.1) is 16.5 Å². The Morgan fingerprint density at radius 3 is 2.68 bits per heavy atom. The third-order valence-electron chi connectivity index (χ3n) is 6.76. The van der Waals surface area contributed by atoms with Gasteiger partial charge in [-0.2, -0.15) is 0 Å². The van der Waals surface area contributed by atoms with E-state index < -0.39 is 11.5 Å². The van der Waals surface area contributed by atoms with Gasteiger partial charge in [0.1, 0.15) is 11.8 Å². The summed E-state index contributed by atoms with van der Waals surface area (Å²) in [5.74, 6) is 0.461. The van der Waals surface area contributed by atoms with Crippen LogP contribution in [0.4, 0.5) is 0 Å². The minimum absolute atomic E-state index is 0.0766. The van der Waals surface area contributed by atoms with E-state index in [1.54, 1.807) is 23.0 Å². The molecule has 158 valence electrons.